The van der Waals surface area contributed by atoms with Crippen molar-refractivity contribution >= 4 is 40.2 Å². The van der Waals surface area contributed by atoms with Gasteiger partial charge in [-0.25, -0.2) is 0 Å². The summed E-state index contributed by atoms with van der Waals surface area (Å²) in [5.74, 6) is 0.191. The lowest BCUT2D eigenvalue weighted by molar-refractivity contribution is -0.123. The highest BCUT2D eigenvalue weighted by molar-refractivity contribution is 9.10. The summed E-state index contributed by atoms with van der Waals surface area (Å²) in [7, 11) is 0. The molecule has 0 aromatic heterocycles. The van der Waals surface area contributed by atoms with E-state index in [0.717, 1.165) is 36.8 Å². The Bertz CT molecular complexity index is 605. The third-order valence-corrected chi connectivity index (χ3v) is 5.40. The van der Waals surface area contributed by atoms with Crippen LogP contribution >= 0.6 is 28.3 Å². The van der Waals surface area contributed by atoms with Crippen molar-refractivity contribution < 1.29 is 9.59 Å². The first-order valence-electron chi connectivity index (χ1n) is 8.13. The van der Waals surface area contributed by atoms with E-state index in [1.807, 2.05) is 12.1 Å². The van der Waals surface area contributed by atoms with Crippen LogP contribution < -0.4 is 16.0 Å². The highest BCUT2D eigenvalue weighted by Crippen LogP contribution is 2.58. The van der Waals surface area contributed by atoms with Crippen LogP contribution in [0.1, 0.15) is 29.6 Å². The van der Waals surface area contributed by atoms with Crippen molar-refractivity contribution in [3.8, 4) is 0 Å². The van der Waals surface area contributed by atoms with Crippen LogP contribution in [-0.2, 0) is 4.79 Å². The highest BCUT2D eigenvalue weighted by Gasteiger charge is 2.57. The van der Waals surface area contributed by atoms with Crippen molar-refractivity contribution in [2.45, 2.75) is 19.3 Å². The third kappa shape index (κ3) is 4.49. The van der Waals surface area contributed by atoms with Gasteiger partial charge in [0.1, 0.15) is 0 Å². The van der Waals surface area contributed by atoms with Crippen molar-refractivity contribution in [2.75, 3.05) is 26.2 Å². The lowest BCUT2D eigenvalue weighted by Crippen LogP contribution is -2.37. The minimum Gasteiger partial charge on any atom is -0.354 e. The molecule has 2 aliphatic rings. The molecule has 0 radical (unpaired) electrons. The van der Waals surface area contributed by atoms with Crippen LogP contribution in [0.2, 0.25) is 0 Å². The Balaban J connectivity index is 0.00000208. The van der Waals surface area contributed by atoms with Gasteiger partial charge in [0.2, 0.25) is 5.91 Å². The number of carbonyl (C=O) groups excluding carboxylic acids is 2. The highest BCUT2D eigenvalue weighted by atomic mass is 79.9. The Kier molecular flexibility index (Phi) is 6.66. The number of benzene rings is 1. The van der Waals surface area contributed by atoms with E-state index in [2.05, 4.69) is 31.9 Å². The van der Waals surface area contributed by atoms with Gasteiger partial charge in [-0.2, -0.15) is 0 Å². The molecule has 1 saturated heterocycles. The van der Waals surface area contributed by atoms with Crippen LogP contribution in [0.15, 0.2) is 28.7 Å². The van der Waals surface area contributed by atoms with Gasteiger partial charge in [-0.3, -0.25) is 9.59 Å². The summed E-state index contributed by atoms with van der Waals surface area (Å²) < 4.78 is 0.874. The summed E-state index contributed by atoms with van der Waals surface area (Å²) in [6.07, 6.45) is 3.22. The number of carbonyl (C=O) groups is 2. The zero-order valence-corrected chi connectivity index (χ0v) is 15.8. The Morgan fingerprint density at radius 2 is 1.92 bits per heavy atom. The molecule has 1 atom stereocenters. The van der Waals surface area contributed by atoms with E-state index in [1.165, 1.54) is 0 Å². The zero-order chi connectivity index (χ0) is 16.3. The zero-order valence-electron chi connectivity index (χ0n) is 13.4. The van der Waals surface area contributed by atoms with Crippen LogP contribution in [0.25, 0.3) is 0 Å². The molecule has 1 aromatic carbocycles. The number of halogens is 2. The normalized spacial score (nSPS) is 20.8. The predicted molar refractivity (Wildman–Crippen MR) is 99.4 cm³/mol. The maximum Gasteiger partial charge on any atom is 0.251 e. The minimum absolute atomic E-state index is 0. The van der Waals surface area contributed by atoms with Crippen molar-refractivity contribution in [3.05, 3.63) is 34.3 Å². The van der Waals surface area contributed by atoms with E-state index < -0.39 is 0 Å². The van der Waals surface area contributed by atoms with Crippen molar-refractivity contribution in [3.63, 3.8) is 0 Å². The molecule has 7 heteroatoms. The molecular weight excluding hydrogens is 394 g/mol. The molecule has 1 aliphatic carbocycles. The van der Waals surface area contributed by atoms with E-state index in [9.17, 15) is 9.59 Å². The van der Waals surface area contributed by atoms with Gasteiger partial charge >= 0.3 is 0 Å². The number of hydrogen-bond donors (Lipinski definition) is 3. The molecule has 1 aromatic rings. The lowest BCUT2D eigenvalue weighted by atomic mass is 9.92. The smallest absolute Gasteiger partial charge is 0.251 e. The molecule has 2 amide bonds. The second-order valence-corrected chi connectivity index (χ2v) is 7.34. The number of nitrogens with one attached hydrogen (secondary N) is 3. The van der Waals surface area contributed by atoms with Gasteiger partial charge in [0.15, 0.2) is 0 Å². The van der Waals surface area contributed by atoms with Gasteiger partial charge in [0.05, 0.1) is 0 Å². The Morgan fingerprint density at radius 1 is 1.21 bits per heavy atom. The SMILES string of the molecule is Cl.O=C(NCCNC(=O)C1CC12CCNCC2)c1cccc(Br)c1. The fourth-order valence-electron chi connectivity index (χ4n) is 3.41. The third-order valence-electron chi connectivity index (χ3n) is 4.90. The summed E-state index contributed by atoms with van der Waals surface area (Å²) in [6.45, 7) is 2.96. The maximum atomic E-state index is 12.2. The second-order valence-electron chi connectivity index (χ2n) is 6.43. The largest absolute Gasteiger partial charge is 0.354 e. The van der Waals surface area contributed by atoms with Crippen molar-refractivity contribution in [1.82, 2.24) is 16.0 Å². The molecule has 5 nitrogen and oxygen atoms in total. The fourth-order valence-corrected chi connectivity index (χ4v) is 3.81. The van der Waals surface area contributed by atoms with E-state index in [0.29, 0.717) is 18.7 Å². The standard InChI is InChI=1S/C17H22BrN3O2.ClH/c18-13-3-1-2-12(10-13)15(22)20-8-9-21-16(23)14-11-17(14)4-6-19-7-5-17;/h1-3,10,14,19H,4-9,11H2,(H,20,22)(H,21,23);1H. The number of rotatable bonds is 5. The topological polar surface area (TPSA) is 70.2 Å². The number of amides is 2. The van der Waals surface area contributed by atoms with Crippen molar-refractivity contribution in [1.29, 1.82) is 0 Å². The average Bonchev–Trinajstić information content (AvgIpc) is 3.25. The minimum atomic E-state index is -0.123. The van der Waals surface area contributed by atoms with E-state index in [4.69, 9.17) is 0 Å². The second kappa shape index (κ2) is 8.32. The molecule has 1 saturated carbocycles. The molecule has 3 N–H and O–H groups in total. The van der Waals surface area contributed by atoms with Gasteiger partial charge < -0.3 is 16.0 Å². The van der Waals surface area contributed by atoms with Crippen LogP contribution in [-0.4, -0.2) is 38.0 Å². The molecule has 1 spiro atoms. The van der Waals surface area contributed by atoms with Gasteiger partial charge in [-0.1, -0.05) is 22.0 Å². The monoisotopic (exact) mass is 415 g/mol. The summed E-state index contributed by atoms with van der Waals surface area (Å²) in [5.41, 5.74) is 0.871. The molecule has 24 heavy (non-hydrogen) atoms. The molecule has 132 valence electrons. The average molecular weight is 417 g/mol. The molecule has 1 heterocycles. The molecule has 2 fully saturated rings. The molecule has 1 unspecified atom stereocenters. The quantitative estimate of drug-likeness (QED) is 0.644. The first kappa shape index (κ1) is 19.2. The van der Waals surface area contributed by atoms with Crippen LogP contribution in [0.3, 0.4) is 0 Å². The Hall–Kier alpha value is -1.11. The van der Waals surface area contributed by atoms with Crippen LogP contribution in [0, 0.1) is 11.3 Å². The maximum absolute atomic E-state index is 12.2. The molecular formula is C17H23BrClN3O2. The summed E-state index contributed by atoms with van der Waals surface area (Å²) in [6, 6.07) is 7.25. The summed E-state index contributed by atoms with van der Waals surface area (Å²) in [4.78, 5) is 24.2. The Morgan fingerprint density at radius 3 is 2.62 bits per heavy atom. The molecule has 1 aliphatic heterocycles. The lowest BCUT2D eigenvalue weighted by Gasteiger charge is -2.23. The van der Waals surface area contributed by atoms with Gasteiger partial charge in [-0.15, -0.1) is 12.4 Å². The van der Waals surface area contributed by atoms with Gasteiger partial charge in [0, 0.05) is 29.0 Å². The summed E-state index contributed by atoms with van der Waals surface area (Å²) in [5, 5.41) is 9.12. The van der Waals surface area contributed by atoms with E-state index in [-0.39, 0.29) is 35.6 Å². The fraction of sp³-hybridized carbons (Fsp3) is 0.529. The van der Waals surface area contributed by atoms with E-state index >= 15 is 0 Å². The summed E-state index contributed by atoms with van der Waals surface area (Å²) >= 11 is 3.35. The Labute approximate surface area is 156 Å². The van der Waals surface area contributed by atoms with E-state index in [1.54, 1.807) is 12.1 Å². The van der Waals surface area contributed by atoms with Gasteiger partial charge in [0.25, 0.3) is 5.91 Å². The van der Waals surface area contributed by atoms with Gasteiger partial charge in [-0.05, 0) is 56.0 Å². The number of hydrogen-bond acceptors (Lipinski definition) is 3. The first-order valence-corrected chi connectivity index (χ1v) is 8.92. The van der Waals surface area contributed by atoms with Crippen molar-refractivity contribution in [2.24, 2.45) is 11.3 Å². The predicted octanol–water partition coefficient (Wildman–Crippen LogP) is 2.11. The molecule has 0 bridgehead atoms. The first-order chi connectivity index (χ1) is 11.1. The number of piperidine rings is 1. The molecule has 3 rings (SSSR count). The van der Waals surface area contributed by atoms with Crippen LogP contribution in [0.5, 0.6) is 0 Å². The van der Waals surface area contributed by atoms with Crippen LogP contribution in [0.4, 0.5) is 0 Å².